The highest BCUT2D eigenvalue weighted by Gasteiger charge is 2.36. The van der Waals surface area contributed by atoms with Crippen LogP contribution in [-0.4, -0.2) is 21.5 Å². The van der Waals surface area contributed by atoms with Crippen molar-refractivity contribution in [1.82, 2.24) is 0 Å². The van der Waals surface area contributed by atoms with E-state index < -0.39 is 8.32 Å². The van der Waals surface area contributed by atoms with Gasteiger partial charge in [-0.1, -0.05) is 20.8 Å². The minimum absolute atomic E-state index is 0.159. The zero-order valence-corrected chi connectivity index (χ0v) is 14.3. The van der Waals surface area contributed by atoms with Crippen molar-refractivity contribution in [2.45, 2.75) is 45.8 Å². The van der Waals surface area contributed by atoms with Crippen LogP contribution >= 0.6 is 0 Å². The number of anilines is 1. The number of ether oxygens (including phenoxy) is 1. The average Bonchev–Trinajstić information content (AvgIpc) is 2.29. The molecule has 0 aromatic heterocycles. The number of benzene rings is 1. The van der Waals surface area contributed by atoms with Crippen molar-refractivity contribution in [2.24, 2.45) is 0 Å². The van der Waals surface area contributed by atoms with Gasteiger partial charge in [-0.3, -0.25) is 0 Å². The molecule has 0 saturated carbocycles. The second-order valence-electron chi connectivity index (χ2n) is 6.60. The second kappa shape index (κ2) is 6.14. The molecule has 20 heavy (non-hydrogen) atoms. The number of nitrogen functional groups attached to an aromatic ring is 1. The standard InChI is InChI=1S/C15H26FNO2Si/c1-11-9-12(16)14(10-13(11)17)18-7-8-19-20(5,6)15(2,3)4/h9-10H,7-8,17H2,1-6H3. The number of rotatable bonds is 5. The molecule has 5 heteroatoms. The summed E-state index contributed by atoms with van der Waals surface area (Å²) in [6.07, 6.45) is 0. The first-order valence-corrected chi connectivity index (χ1v) is 9.78. The smallest absolute Gasteiger partial charge is 0.192 e. The summed E-state index contributed by atoms with van der Waals surface area (Å²) in [4.78, 5) is 0. The van der Waals surface area contributed by atoms with Gasteiger partial charge in [-0.05, 0) is 36.7 Å². The average molecular weight is 299 g/mol. The highest BCUT2D eigenvalue weighted by Crippen LogP contribution is 2.36. The quantitative estimate of drug-likeness (QED) is 0.505. The monoisotopic (exact) mass is 299 g/mol. The maximum absolute atomic E-state index is 13.7. The van der Waals surface area contributed by atoms with Gasteiger partial charge in [0, 0.05) is 11.8 Å². The summed E-state index contributed by atoms with van der Waals surface area (Å²) in [5.41, 5.74) is 7.00. The Labute approximate surface area is 122 Å². The van der Waals surface area contributed by atoms with E-state index in [0.717, 1.165) is 0 Å². The summed E-state index contributed by atoms with van der Waals surface area (Å²) in [6, 6.07) is 2.91. The fourth-order valence-electron chi connectivity index (χ4n) is 1.44. The van der Waals surface area contributed by atoms with Crippen molar-refractivity contribution >= 4 is 14.0 Å². The maximum atomic E-state index is 13.7. The Morgan fingerprint density at radius 2 is 1.80 bits per heavy atom. The lowest BCUT2D eigenvalue weighted by molar-refractivity contribution is 0.199. The molecule has 0 radical (unpaired) electrons. The van der Waals surface area contributed by atoms with Crippen molar-refractivity contribution < 1.29 is 13.6 Å². The molecular formula is C15H26FNO2Si. The summed E-state index contributed by atoms with van der Waals surface area (Å²) in [7, 11) is -1.77. The molecule has 1 rings (SSSR count). The van der Waals surface area contributed by atoms with Crippen LogP contribution in [0.4, 0.5) is 10.1 Å². The lowest BCUT2D eigenvalue weighted by atomic mass is 10.2. The van der Waals surface area contributed by atoms with Crippen LogP contribution < -0.4 is 10.5 Å². The van der Waals surface area contributed by atoms with E-state index in [9.17, 15) is 4.39 Å². The van der Waals surface area contributed by atoms with E-state index in [4.69, 9.17) is 14.9 Å². The second-order valence-corrected chi connectivity index (χ2v) is 11.4. The fraction of sp³-hybridized carbons (Fsp3) is 0.600. The van der Waals surface area contributed by atoms with Crippen molar-refractivity contribution in [2.75, 3.05) is 18.9 Å². The molecule has 0 unspecified atom stereocenters. The van der Waals surface area contributed by atoms with Crippen molar-refractivity contribution in [1.29, 1.82) is 0 Å². The Morgan fingerprint density at radius 3 is 2.35 bits per heavy atom. The summed E-state index contributed by atoms with van der Waals surface area (Å²) >= 11 is 0. The topological polar surface area (TPSA) is 44.5 Å². The van der Waals surface area contributed by atoms with E-state index in [1.807, 2.05) is 0 Å². The van der Waals surface area contributed by atoms with E-state index in [0.29, 0.717) is 24.5 Å². The highest BCUT2D eigenvalue weighted by molar-refractivity contribution is 6.74. The molecule has 0 heterocycles. The Bertz CT molecular complexity index is 470. The molecule has 2 N–H and O–H groups in total. The van der Waals surface area contributed by atoms with Crippen LogP contribution in [0.25, 0.3) is 0 Å². The molecule has 0 saturated heterocycles. The third-order valence-electron chi connectivity index (χ3n) is 3.93. The van der Waals surface area contributed by atoms with E-state index in [1.54, 1.807) is 6.92 Å². The van der Waals surface area contributed by atoms with E-state index in [2.05, 4.69) is 33.9 Å². The molecule has 0 bridgehead atoms. The number of nitrogens with two attached hydrogens (primary N) is 1. The molecule has 0 amide bonds. The van der Waals surface area contributed by atoms with Crippen molar-refractivity contribution in [3.05, 3.63) is 23.5 Å². The molecule has 0 fully saturated rings. The molecule has 0 aliphatic heterocycles. The van der Waals surface area contributed by atoms with Gasteiger partial charge in [0.15, 0.2) is 19.9 Å². The van der Waals surface area contributed by atoms with E-state index in [1.165, 1.54) is 12.1 Å². The molecule has 0 aliphatic rings. The van der Waals surface area contributed by atoms with Crippen LogP contribution in [0, 0.1) is 12.7 Å². The Balaban J connectivity index is 2.52. The normalized spacial score (nSPS) is 12.6. The minimum atomic E-state index is -1.77. The van der Waals surface area contributed by atoms with Crippen molar-refractivity contribution in [3.8, 4) is 5.75 Å². The summed E-state index contributed by atoms with van der Waals surface area (Å²) in [5, 5.41) is 0.159. The fourth-order valence-corrected chi connectivity index (χ4v) is 2.47. The molecule has 1 aromatic carbocycles. The minimum Gasteiger partial charge on any atom is -0.488 e. The third kappa shape index (κ3) is 4.21. The van der Waals surface area contributed by atoms with Gasteiger partial charge in [-0.25, -0.2) is 4.39 Å². The Morgan fingerprint density at radius 1 is 1.20 bits per heavy atom. The largest absolute Gasteiger partial charge is 0.488 e. The molecule has 114 valence electrons. The van der Waals surface area contributed by atoms with Crippen LogP contribution in [0.5, 0.6) is 5.75 Å². The maximum Gasteiger partial charge on any atom is 0.192 e. The predicted molar refractivity (Wildman–Crippen MR) is 84.2 cm³/mol. The van der Waals surface area contributed by atoms with Crippen molar-refractivity contribution in [3.63, 3.8) is 0 Å². The molecule has 1 aromatic rings. The summed E-state index contributed by atoms with van der Waals surface area (Å²) in [6.45, 7) is 13.5. The van der Waals surface area contributed by atoms with Gasteiger partial charge in [0.1, 0.15) is 6.61 Å². The first-order valence-electron chi connectivity index (χ1n) is 6.87. The first-order chi connectivity index (χ1) is 9.04. The lowest BCUT2D eigenvalue weighted by Gasteiger charge is -2.36. The number of aryl methyl sites for hydroxylation is 1. The number of hydrogen-bond acceptors (Lipinski definition) is 3. The Kier molecular flexibility index (Phi) is 5.21. The first kappa shape index (κ1) is 17.0. The van der Waals surface area contributed by atoms with Gasteiger partial charge in [-0.15, -0.1) is 0 Å². The van der Waals surface area contributed by atoms with Crippen LogP contribution in [0.1, 0.15) is 26.3 Å². The zero-order valence-electron chi connectivity index (χ0n) is 13.3. The van der Waals surface area contributed by atoms with Crippen LogP contribution in [0.3, 0.4) is 0 Å². The zero-order chi connectivity index (χ0) is 15.6. The predicted octanol–water partition coefficient (Wildman–Crippen LogP) is 4.12. The van der Waals surface area contributed by atoms with E-state index >= 15 is 0 Å². The van der Waals surface area contributed by atoms with Crippen LogP contribution in [0.2, 0.25) is 18.1 Å². The van der Waals surface area contributed by atoms with E-state index in [-0.39, 0.29) is 16.6 Å². The molecule has 0 aliphatic carbocycles. The molecular weight excluding hydrogens is 273 g/mol. The van der Waals surface area contributed by atoms with Gasteiger partial charge in [0.25, 0.3) is 0 Å². The third-order valence-corrected chi connectivity index (χ3v) is 8.47. The lowest BCUT2D eigenvalue weighted by Crippen LogP contribution is -2.41. The molecule has 3 nitrogen and oxygen atoms in total. The SMILES string of the molecule is Cc1cc(F)c(OCCO[Si](C)(C)C(C)(C)C)cc1N. The molecule has 0 atom stereocenters. The van der Waals surface area contributed by atoms with Crippen LogP contribution in [-0.2, 0) is 4.43 Å². The molecule has 0 spiro atoms. The van der Waals surface area contributed by atoms with Gasteiger partial charge in [-0.2, -0.15) is 0 Å². The highest BCUT2D eigenvalue weighted by atomic mass is 28.4. The Hall–Kier alpha value is -1.07. The van der Waals surface area contributed by atoms with Gasteiger partial charge in [0.2, 0.25) is 0 Å². The van der Waals surface area contributed by atoms with Crippen LogP contribution in [0.15, 0.2) is 12.1 Å². The summed E-state index contributed by atoms with van der Waals surface area (Å²) in [5.74, 6) is -0.198. The van der Waals surface area contributed by atoms with Gasteiger partial charge >= 0.3 is 0 Å². The number of hydrogen-bond donors (Lipinski definition) is 1. The summed E-state index contributed by atoms with van der Waals surface area (Å²) < 4.78 is 25.1. The van der Waals surface area contributed by atoms with Gasteiger partial charge < -0.3 is 14.9 Å². The van der Waals surface area contributed by atoms with Gasteiger partial charge in [0.05, 0.1) is 6.61 Å². The number of halogens is 1.